The van der Waals surface area contributed by atoms with E-state index in [1.807, 2.05) is 0 Å². The fourth-order valence-electron chi connectivity index (χ4n) is 2.72. The summed E-state index contributed by atoms with van der Waals surface area (Å²) in [6.07, 6.45) is 1.80. The molecule has 0 atom stereocenters. The van der Waals surface area contributed by atoms with Crippen molar-refractivity contribution in [3.05, 3.63) is 0 Å². The lowest BCUT2D eigenvalue weighted by molar-refractivity contribution is -0.163. The molecule has 0 unspecified atom stereocenters. The van der Waals surface area contributed by atoms with E-state index in [0.717, 1.165) is 6.42 Å². The van der Waals surface area contributed by atoms with E-state index in [1.165, 1.54) is 0 Å². The standard InChI is InChI=1S/C11H15F2NO/c12-11(13)6-4-10(15,5-7-11)9(8-14)2-1-3-9/h15H,1-7H2. The Bertz CT molecular complexity index is 294. The van der Waals surface area contributed by atoms with Gasteiger partial charge in [0, 0.05) is 12.8 Å². The Morgan fingerprint density at radius 1 is 1.00 bits per heavy atom. The number of rotatable bonds is 1. The van der Waals surface area contributed by atoms with Crippen LogP contribution < -0.4 is 0 Å². The zero-order valence-electron chi connectivity index (χ0n) is 8.60. The summed E-state index contributed by atoms with van der Waals surface area (Å²) >= 11 is 0. The normalized spacial score (nSPS) is 31.3. The molecule has 0 saturated heterocycles. The Morgan fingerprint density at radius 2 is 1.53 bits per heavy atom. The van der Waals surface area contributed by atoms with Crippen LogP contribution in [0.25, 0.3) is 0 Å². The van der Waals surface area contributed by atoms with Crippen LogP contribution in [-0.4, -0.2) is 16.6 Å². The van der Waals surface area contributed by atoms with Crippen molar-refractivity contribution in [1.29, 1.82) is 5.26 Å². The van der Waals surface area contributed by atoms with Crippen molar-refractivity contribution in [2.24, 2.45) is 5.41 Å². The third kappa shape index (κ3) is 1.53. The van der Waals surface area contributed by atoms with Crippen LogP contribution in [0.15, 0.2) is 0 Å². The van der Waals surface area contributed by atoms with Crippen molar-refractivity contribution in [3.8, 4) is 6.07 Å². The molecule has 2 saturated carbocycles. The lowest BCUT2D eigenvalue weighted by Crippen LogP contribution is -2.54. The van der Waals surface area contributed by atoms with Gasteiger partial charge in [0.1, 0.15) is 0 Å². The summed E-state index contributed by atoms with van der Waals surface area (Å²) in [5, 5.41) is 19.4. The smallest absolute Gasteiger partial charge is 0.248 e. The van der Waals surface area contributed by atoms with Crippen LogP contribution in [0.5, 0.6) is 0 Å². The number of halogens is 2. The van der Waals surface area contributed by atoms with Crippen molar-refractivity contribution in [2.45, 2.75) is 56.5 Å². The quantitative estimate of drug-likeness (QED) is 0.730. The highest BCUT2D eigenvalue weighted by Crippen LogP contribution is 2.55. The molecule has 0 bridgehead atoms. The first-order valence-corrected chi connectivity index (χ1v) is 5.45. The summed E-state index contributed by atoms with van der Waals surface area (Å²) in [6, 6.07) is 2.16. The molecule has 84 valence electrons. The van der Waals surface area contributed by atoms with Gasteiger partial charge >= 0.3 is 0 Å². The molecule has 1 N–H and O–H groups in total. The summed E-state index contributed by atoms with van der Waals surface area (Å²) in [5.74, 6) is -2.65. The van der Waals surface area contributed by atoms with E-state index in [0.29, 0.717) is 12.8 Å². The van der Waals surface area contributed by atoms with Gasteiger partial charge in [-0.05, 0) is 25.7 Å². The number of nitriles is 1. The summed E-state index contributed by atoms with van der Waals surface area (Å²) in [4.78, 5) is 0. The minimum absolute atomic E-state index is 0.0631. The Morgan fingerprint density at radius 3 is 1.87 bits per heavy atom. The van der Waals surface area contributed by atoms with E-state index in [2.05, 4.69) is 6.07 Å². The highest BCUT2D eigenvalue weighted by molar-refractivity contribution is 5.17. The SMILES string of the molecule is N#CC1(C2(O)CCC(F)(F)CC2)CCC1. The lowest BCUT2D eigenvalue weighted by Gasteiger charge is -2.51. The highest BCUT2D eigenvalue weighted by Gasteiger charge is 2.57. The predicted octanol–water partition coefficient (Wildman–Crippen LogP) is 2.62. The van der Waals surface area contributed by atoms with Crippen LogP contribution in [0.1, 0.15) is 44.9 Å². The fraction of sp³-hybridized carbons (Fsp3) is 0.909. The van der Waals surface area contributed by atoms with Crippen molar-refractivity contribution in [1.82, 2.24) is 0 Å². The van der Waals surface area contributed by atoms with Crippen molar-refractivity contribution >= 4 is 0 Å². The molecule has 2 nitrogen and oxygen atoms in total. The van der Waals surface area contributed by atoms with E-state index in [-0.39, 0.29) is 25.7 Å². The molecule has 0 aromatic rings. The van der Waals surface area contributed by atoms with Crippen molar-refractivity contribution in [3.63, 3.8) is 0 Å². The second-order valence-corrected chi connectivity index (χ2v) is 4.93. The summed E-state index contributed by atoms with van der Waals surface area (Å²) in [7, 11) is 0. The number of hydrogen-bond donors (Lipinski definition) is 1. The third-order valence-electron chi connectivity index (χ3n) is 4.12. The van der Waals surface area contributed by atoms with Gasteiger partial charge in [0.2, 0.25) is 5.92 Å². The maximum absolute atomic E-state index is 13.0. The molecule has 2 fully saturated rings. The minimum atomic E-state index is -2.65. The van der Waals surface area contributed by atoms with Crippen LogP contribution in [0.2, 0.25) is 0 Å². The molecular weight excluding hydrogens is 200 g/mol. The van der Waals surface area contributed by atoms with Gasteiger partial charge in [-0.25, -0.2) is 8.78 Å². The second-order valence-electron chi connectivity index (χ2n) is 4.93. The Kier molecular flexibility index (Phi) is 2.27. The average Bonchev–Trinajstić information content (AvgIpc) is 2.10. The van der Waals surface area contributed by atoms with Gasteiger partial charge < -0.3 is 5.11 Å². The highest BCUT2D eigenvalue weighted by atomic mass is 19.3. The number of aliphatic hydroxyl groups is 1. The fourth-order valence-corrected chi connectivity index (χ4v) is 2.72. The van der Waals surface area contributed by atoms with Crippen LogP contribution in [-0.2, 0) is 0 Å². The zero-order valence-corrected chi connectivity index (χ0v) is 8.60. The topological polar surface area (TPSA) is 44.0 Å². The van der Waals surface area contributed by atoms with Crippen LogP contribution in [0.3, 0.4) is 0 Å². The van der Waals surface area contributed by atoms with Gasteiger partial charge in [-0.3, -0.25) is 0 Å². The lowest BCUT2D eigenvalue weighted by atomic mass is 9.55. The van der Waals surface area contributed by atoms with E-state index in [1.54, 1.807) is 0 Å². The van der Waals surface area contributed by atoms with Crippen LogP contribution in [0.4, 0.5) is 8.78 Å². The van der Waals surface area contributed by atoms with Crippen LogP contribution >= 0.6 is 0 Å². The molecule has 0 radical (unpaired) electrons. The first-order chi connectivity index (χ1) is 6.93. The predicted molar refractivity (Wildman–Crippen MR) is 50.3 cm³/mol. The average molecular weight is 215 g/mol. The zero-order chi connectivity index (χ0) is 11.2. The molecule has 2 aliphatic rings. The van der Waals surface area contributed by atoms with Crippen molar-refractivity contribution < 1.29 is 13.9 Å². The van der Waals surface area contributed by atoms with Gasteiger partial charge in [-0.1, -0.05) is 6.42 Å². The molecule has 0 aliphatic heterocycles. The Labute approximate surface area is 87.9 Å². The Balaban J connectivity index is 2.13. The molecule has 0 aromatic heterocycles. The molecule has 0 spiro atoms. The largest absolute Gasteiger partial charge is 0.388 e. The maximum Gasteiger partial charge on any atom is 0.248 e. The van der Waals surface area contributed by atoms with E-state index >= 15 is 0 Å². The Hall–Kier alpha value is -0.690. The van der Waals surface area contributed by atoms with Gasteiger partial charge in [-0.15, -0.1) is 0 Å². The number of hydrogen-bond acceptors (Lipinski definition) is 2. The first-order valence-electron chi connectivity index (χ1n) is 5.45. The molecule has 0 heterocycles. The molecule has 2 aliphatic carbocycles. The number of nitrogens with zero attached hydrogens (tertiary/aromatic N) is 1. The van der Waals surface area contributed by atoms with Gasteiger partial charge in [0.05, 0.1) is 17.1 Å². The summed E-state index contributed by atoms with van der Waals surface area (Å²) in [6.45, 7) is 0. The van der Waals surface area contributed by atoms with Gasteiger partial charge in [0.15, 0.2) is 0 Å². The molecule has 15 heavy (non-hydrogen) atoms. The van der Waals surface area contributed by atoms with Crippen molar-refractivity contribution in [2.75, 3.05) is 0 Å². The molecule has 2 rings (SSSR count). The van der Waals surface area contributed by atoms with Gasteiger partial charge in [0.25, 0.3) is 0 Å². The summed E-state index contributed by atoms with van der Waals surface area (Å²) < 4.78 is 25.9. The van der Waals surface area contributed by atoms with Crippen LogP contribution in [0, 0.1) is 16.7 Å². The molecule has 4 heteroatoms. The first kappa shape index (κ1) is 10.8. The maximum atomic E-state index is 13.0. The third-order valence-corrected chi connectivity index (χ3v) is 4.12. The van der Waals surface area contributed by atoms with E-state index in [4.69, 9.17) is 5.26 Å². The second kappa shape index (κ2) is 3.15. The van der Waals surface area contributed by atoms with Gasteiger partial charge in [-0.2, -0.15) is 5.26 Å². The molecular formula is C11H15F2NO. The minimum Gasteiger partial charge on any atom is -0.388 e. The monoisotopic (exact) mass is 215 g/mol. The molecule has 0 aromatic carbocycles. The summed E-state index contributed by atoms with van der Waals surface area (Å²) in [5.41, 5.74) is -1.90. The van der Waals surface area contributed by atoms with E-state index in [9.17, 15) is 13.9 Å². The number of alkyl halides is 2. The van der Waals surface area contributed by atoms with E-state index < -0.39 is 16.9 Å². The molecule has 0 amide bonds.